The summed E-state index contributed by atoms with van der Waals surface area (Å²) in [4.78, 5) is 42.2. The molecule has 17 heteroatoms. The van der Waals surface area contributed by atoms with Gasteiger partial charge in [-0.3, -0.25) is 0 Å². The molecule has 0 aromatic rings. The minimum absolute atomic E-state index is 0.991. The molecule has 0 saturated carbocycles. The maximum Gasteiger partial charge on any atom is 0.511 e. The third-order valence-corrected chi connectivity index (χ3v) is 23.2. The van der Waals surface area contributed by atoms with Gasteiger partial charge in [-0.2, -0.15) is 0 Å². The van der Waals surface area contributed by atoms with E-state index in [0.29, 0.717) is 0 Å². The molecule has 4 N–H and O–H groups in total. The normalized spacial score (nSPS) is 52.7. The number of fused-ring (bicyclic) bond motifs is 2. The zero-order valence-electron chi connectivity index (χ0n) is 14.5. The van der Waals surface area contributed by atoms with Crippen LogP contribution >= 0.6 is 0 Å². The Morgan fingerprint density at radius 1 is 0.577 bits per heavy atom. The maximum atomic E-state index is 10.6. The van der Waals surface area contributed by atoms with Crippen molar-refractivity contribution in [3.8, 4) is 0 Å². The number of rotatable bonds is 3. The molecule has 2 saturated heterocycles. The Hall–Kier alpha value is 0.0813. The molecule has 2 heterocycles. The lowest BCUT2D eigenvalue weighted by Gasteiger charge is -2.48. The third-order valence-electron chi connectivity index (χ3n) is 3.09. The molecular formula is C9H22O11Si6. The lowest BCUT2D eigenvalue weighted by Crippen LogP contribution is -2.76. The van der Waals surface area contributed by atoms with Gasteiger partial charge in [0.25, 0.3) is 0 Å². The summed E-state index contributed by atoms with van der Waals surface area (Å²) in [5.41, 5.74) is 3.12. The van der Waals surface area contributed by atoms with Gasteiger partial charge in [0, 0.05) is 19.6 Å². The van der Waals surface area contributed by atoms with Gasteiger partial charge in [-0.1, -0.05) is 13.2 Å². The van der Waals surface area contributed by atoms with Crippen LogP contribution in [0.4, 0.5) is 0 Å². The van der Waals surface area contributed by atoms with Gasteiger partial charge in [0.05, 0.1) is 0 Å². The summed E-state index contributed by atoms with van der Waals surface area (Å²) in [6.07, 6.45) is 0. The largest absolute Gasteiger partial charge is 0.511 e. The van der Waals surface area contributed by atoms with E-state index in [1.54, 1.807) is 0 Å². The minimum Gasteiger partial charge on any atom is -0.391 e. The maximum absolute atomic E-state index is 10.6. The molecule has 26 heavy (non-hydrogen) atoms. The molecule has 2 bridgehead atoms. The second kappa shape index (κ2) is 6.85. The summed E-state index contributed by atoms with van der Waals surface area (Å²) in [5.74, 6) is 0. The van der Waals surface area contributed by atoms with Gasteiger partial charge in [-0.15, -0.1) is 6.58 Å². The van der Waals surface area contributed by atoms with Crippen LogP contribution in [0.25, 0.3) is 0 Å². The molecule has 0 spiro atoms. The van der Waals surface area contributed by atoms with E-state index in [0.717, 1.165) is 17.1 Å². The molecule has 0 aliphatic carbocycles. The Kier molecular flexibility index (Phi) is 5.89. The average Bonchev–Trinajstić information content (AvgIpc) is 2.41. The molecule has 0 amide bonds. The lowest BCUT2D eigenvalue weighted by molar-refractivity contribution is 0.0498. The van der Waals surface area contributed by atoms with Crippen LogP contribution in [0.1, 0.15) is 0 Å². The quantitative estimate of drug-likeness (QED) is 0.366. The van der Waals surface area contributed by atoms with Gasteiger partial charge in [-0.05, 0) is 17.1 Å². The van der Waals surface area contributed by atoms with Gasteiger partial charge in [-0.25, -0.2) is 0 Å². The van der Waals surface area contributed by atoms with Crippen molar-refractivity contribution in [1.82, 2.24) is 0 Å². The van der Waals surface area contributed by atoms with Crippen LogP contribution in [0.15, 0.2) is 36.8 Å². The topological polar surface area (TPSA) is 146 Å². The van der Waals surface area contributed by atoms with Gasteiger partial charge in [0.1, 0.15) is 0 Å². The van der Waals surface area contributed by atoms with E-state index in [2.05, 4.69) is 19.7 Å². The molecule has 2 rings (SSSR count). The second-order valence-electron chi connectivity index (χ2n) is 5.85. The van der Waals surface area contributed by atoms with Crippen molar-refractivity contribution < 1.29 is 48.0 Å². The molecule has 4 atom stereocenters. The molecular weight excluding hydrogens is 453 g/mol. The van der Waals surface area contributed by atoms with Crippen molar-refractivity contribution in [3.63, 3.8) is 0 Å². The summed E-state index contributed by atoms with van der Waals surface area (Å²) in [6, 6.07) is 0. The van der Waals surface area contributed by atoms with Crippen LogP contribution in [0.2, 0.25) is 19.6 Å². The Bertz CT molecular complexity index is 575. The Labute approximate surface area is 157 Å². The first-order valence-corrected chi connectivity index (χ1v) is 19.6. The predicted octanol–water partition coefficient (Wildman–Crippen LogP) is -1.20. The first kappa shape index (κ1) is 22.4. The monoisotopic (exact) mass is 474 g/mol. The fraction of sp³-hybridized carbons (Fsp3) is 0.333. The van der Waals surface area contributed by atoms with E-state index in [4.69, 9.17) is 28.8 Å². The van der Waals surface area contributed by atoms with E-state index in [9.17, 15) is 19.2 Å². The highest BCUT2D eigenvalue weighted by Gasteiger charge is 2.68. The molecule has 0 aromatic carbocycles. The van der Waals surface area contributed by atoms with Crippen molar-refractivity contribution in [3.05, 3.63) is 36.8 Å². The molecule has 11 nitrogen and oxygen atoms in total. The van der Waals surface area contributed by atoms with E-state index >= 15 is 0 Å². The van der Waals surface area contributed by atoms with Crippen molar-refractivity contribution in [2.45, 2.75) is 19.6 Å². The standard InChI is InChI=1S/C9H22O11Si6/c1-7-24(12)14-21(4,10)16-26(9-3)17-22(5,11)15-25(13,8-2)19-23(6,18-24)20-26/h7-13H,1-3H2,4-6H3. The van der Waals surface area contributed by atoms with Crippen LogP contribution in [0.3, 0.4) is 0 Å². The first-order chi connectivity index (χ1) is 11.6. The summed E-state index contributed by atoms with van der Waals surface area (Å²) < 4.78 is 38.8. The fourth-order valence-corrected chi connectivity index (χ4v) is 25.0. The summed E-state index contributed by atoms with van der Waals surface area (Å²) in [7, 11) is -24.6. The fourth-order valence-electron chi connectivity index (χ4n) is 2.36. The highest BCUT2D eigenvalue weighted by atomic mass is 28.6. The van der Waals surface area contributed by atoms with Crippen molar-refractivity contribution in [1.29, 1.82) is 0 Å². The summed E-state index contributed by atoms with van der Waals surface area (Å²) in [6.45, 7) is 14.2. The summed E-state index contributed by atoms with van der Waals surface area (Å²) in [5, 5.41) is 0. The van der Waals surface area contributed by atoms with Crippen molar-refractivity contribution >= 4 is 52.8 Å². The zero-order chi connectivity index (χ0) is 20.1. The first-order valence-electron chi connectivity index (χ1n) is 7.34. The highest BCUT2D eigenvalue weighted by molar-refractivity contribution is 6.96. The van der Waals surface area contributed by atoms with E-state index in [1.807, 2.05) is 0 Å². The minimum atomic E-state index is -4.21. The predicted molar refractivity (Wildman–Crippen MR) is 99.2 cm³/mol. The van der Waals surface area contributed by atoms with Crippen LogP contribution in [-0.4, -0.2) is 72.0 Å². The van der Waals surface area contributed by atoms with E-state index in [1.165, 1.54) is 19.6 Å². The van der Waals surface area contributed by atoms with Gasteiger partial charge < -0.3 is 48.0 Å². The molecule has 4 unspecified atom stereocenters. The Morgan fingerprint density at radius 2 is 0.962 bits per heavy atom. The molecule has 0 radical (unpaired) electrons. The molecule has 2 aliphatic rings. The van der Waals surface area contributed by atoms with Crippen LogP contribution in [0, 0.1) is 0 Å². The van der Waals surface area contributed by atoms with Crippen LogP contribution in [-0.2, 0) is 28.8 Å². The SMILES string of the molecule is C=C[Si]1(O)O[Si](C)(O)O[Si]2(C=C)O[Si](C)(O)O[Si](O)(C=C)O[Si](C)(O1)O2. The molecule has 148 valence electrons. The van der Waals surface area contributed by atoms with Crippen molar-refractivity contribution in [2.24, 2.45) is 0 Å². The van der Waals surface area contributed by atoms with E-state index in [-0.39, 0.29) is 0 Å². The lowest BCUT2D eigenvalue weighted by atomic mass is 11.3. The molecule has 0 aromatic heterocycles. The highest BCUT2D eigenvalue weighted by Crippen LogP contribution is 2.36. The van der Waals surface area contributed by atoms with Gasteiger partial charge in [0.15, 0.2) is 0 Å². The van der Waals surface area contributed by atoms with Crippen LogP contribution < -0.4 is 0 Å². The Balaban J connectivity index is 2.61. The zero-order valence-corrected chi connectivity index (χ0v) is 20.5. The molecule has 2 aliphatic heterocycles. The van der Waals surface area contributed by atoms with Crippen LogP contribution in [0.5, 0.6) is 0 Å². The Morgan fingerprint density at radius 3 is 1.27 bits per heavy atom. The van der Waals surface area contributed by atoms with Gasteiger partial charge in [0.2, 0.25) is 0 Å². The van der Waals surface area contributed by atoms with Crippen molar-refractivity contribution in [2.75, 3.05) is 0 Å². The van der Waals surface area contributed by atoms with Gasteiger partial charge >= 0.3 is 52.8 Å². The summed E-state index contributed by atoms with van der Waals surface area (Å²) >= 11 is 0. The third kappa shape index (κ3) is 4.92. The smallest absolute Gasteiger partial charge is 0.391 e. The second-order valence-corrected chi connectivity index (χ2v) is 21.8. The number of hydrogen-bond acceptors (Lipinski definition) is 11. The van der Waals surface area contributed by atoms with E-state index < -0.39 is 52.8 Å². The average molecular weight is 475 g/mol. The number of hydrogen-bond donors (Lipinski definition) is 4. The molecule has 2 fully saturated rings.